The van der Waals surface area contributed by atoms with E-state index in [0.717, 1.165) is 35.2 Å². The smallest absolute Gasteiger partial charge is 0.354 e. The number of carbonyl (C=O) groups excluding carboxylic acids is 2. The van der Waals surface area contributed by atoms with Gasteiger partial charge in [-0.15, -0.1) is 0 Å². The third-order valence-corrected chi connectivity index (χ3v) is 5.20. The Balaban J connectivity index is 1.98. The van der Waals surface area contributed by atoms with E-state index in [1.807, 2.05) is 6.07 Å². The highest BCUT2D eigenvalue weighted by Gasteiger charge is 2.34. The number of hydrogen-bond acceptors (Lipinski definition) is 4. The predicted molar refractivity (Wildman–Crippen MR) is 124 cm³/mol. The molecule has 0 radical (unpaired) electrons. The van der Waals surface area contributed by atoms with E-state index in [1.165, 1.54) is 36.7 Å². The number of pyridine rings is 1. The minimum Gasteiger partial charge on any atom is -0.354 e. The van der Waals surface area contributed by atoms with Crippen LogP contribution in [0, 0.1) is 17.1 Å². The van der Waals surface area contributed by atoms with Crippen LogP contribution in [-0.4, -0.2) is 23.3 Å². The van der Waals surface area contributed by atoms with E-state index < -0.39 is 35.4 Å². The van der Waals surface area contributed by atoms with Gasteiger partial charge in [-0.25, -0.2) is 4.39 Å². The summed E-state index contributed by atoms with van der Waals surface area (Å²) in [5.74, 6) is -1.87. The van der Waals surface area contributed by atoms with Crippen molar-refractivity contribution >= 4 is 17.5 Å². The Labute approximate surface area is 204 Å². The average molecular weight is 496 g/mol. The number of anilines is 1. The second-order valence-corrected chi connectivity index (χ2v) is 7.65. The lowest BCUT2D eigenvalue weighted by atomic mass is 10.0. The maximum atomic E-state index is 13.5. The number of rotatable bonds is 8. The Hall–Kier alpha value is -4.52. The third-order valence-electron chi connectivity index (χ3n) is 5.20. The highest BCUT2D eigenvalue weighted by molar-refractivity contribution is 6.06. The Morgan fingerprint density at radius 2 is 1.86 bits per heavy atom. The summed E-state index contributed by atoms with van der Waals surface area (Å²) in [6.07, 6.45) is -0.843. The van der Waals surface area contributed by atoms with E-state index in [0.29, 0.717) is 5.56 Å². The number of alkyl halides is 3. The second kappa shape index (κ2) is 11.3. The Bertz CT molecular complexity index is 1300. The Morgan fingerprint density at radius 1 is 1.14 bits per heavy atom. The second-order valence-electron chi connectivity index (χ2n) is 7.65. The molecule has 0 spiro atoms. The molecule has 0 bridgehead atoms. The van der Waals surface area contributed by atoms with Crippen LogP contribution >= 0.6 is 0 Å². The van der Waals surface area contributed by atoms with Gasteiger partial charge in [-0.05, 0) is 60.5 Å². The Kier molecular flexibility index (Phi) is 8.17. The summed E-state index contributed by atoms with van der Waals surface area (Å²) in [5, 5.41) is 11.9. The van der Waals surface area contributed by atoms with Gasteiger partial charge in [-0.1, -0.05) is 18.7 Å². The zero-order chi connectivity index (χ0) is 26.3. The van der Waals surface area contributed by atoms with Crippen LogP contribution in [0.3, 0.4) is 0 Å². The summed E-state index contributed by atoms with van der Waals surface area (Å²) in [4.78, 5) is 31.2. The van der Waals surface area contributed by atoms with Gasteiger partial charge in [0.25, 0.3) is 5.91 Å². The van der Waals surface area contributed by atoms with Crippen LogP contribution in [0.5, 0.6) is 0 Å². The van der Waals surface area contributed by atoms with Crippen molar-refractivity contribution in [3.63, 3.8) is 0 Å². The predicted octanol–water partition coefficient (Wildman–Crippen LogP) is 4.73. The first-order valence-electron chi connectivity index (χ1n) is 10.6. The van der Waals surface area contributed by atoms with Crippen LogP contribution in [0.1, 0.15) is 28.3 Å². The van der Waals surface area contributed by atoms with Crippen LogP contribution in [-0.2, 0) is 22.2 Å². The molecule has 0 aliphatic carbocycles. The summed E-state index contributed by atoms with van der Waals surface area (Å²) in [7, 11) is 0. The zero-order valence-electron chi connectivity index (χ0n) is 18.8. The van der Waals surface area contributed by atoms with Gasteiger partial charge in [0.05, 0.1) is 11.1 Å². The van der Waals surface area contributed by atoms with Crippen molar-refractivity contribution in [3.8, 4) is 6.07 Å². The Morgan fingerprint density at radius 3 is 2.47 bits per heavy atom. The van der Waals surface area contributed by atoms with Crippen LogP contribution in [0.2, 0.25) is 0 Å². The molecule has 10 heteroatoms. The SMILES string of the molecule is C=CC(=O)N(c1ccc(C(F)(F)F)cc1)C(C(=O)NCCc1cccc(F)c1)c1cncc(C#N)c1. The van der Waals surface area contributed by atoms with Crippen LogP contribution in [0.4, 0.5) is 23.2 Å². The van der Waals surface area contributed by atoms with E-state index >= 15 is 0 Å². The molecule has 184 valence electrons. The fourth-order valence-electron chi connectivity index (χ4n) is 3.52. The minimum absolute atomic E-state index is 0.000501. The maximum Gasteiger partial charge on any atom is 0.416 e. The molecule has 3 aromatic rings. The molecule has 3 rings (SSSR count). The first kappa shape index (κ1) is 26.1. The summed E-state index contributed by atoms with van der Waals surface area (Å²) in [6, 6.07) is 11.4. The zero-order valence-corrected chi connectivity index (χ0v) is 18.8. The van der Waals surface area contributed by atoms with E-state index in [9.17, 15) is 32.4 Å². The third kappa shape index (κ3) is 6.33. The van der Waals surface area contributed by atoms with Crippen molar-refractivity contribution in [3.05, 3.63) is 108 Å². The molecule has 0 saturated carbocycles. The fourth-order valence-corrected chi connectivity index (χ4v) is 3.52. The number of nitrogens with one attached hydrogen (secondary N) is 1. The van der Waals surface area contributed by atoms with Gasteiger partial charge in [0.1, 0.15) is 17.9 Å². The highest BCUT2D eigenvalue weighted by Crippen LogP contribution is 2.33. The van der Waals surface area contributed by atoms with Gasteiger partial charge >= 0.3 is 6.18 Å². The molecule has 6 nitrogen and oxygen atoms in total. The molecule has 0 fully saturated rings. The molecule has 0 saturated heterocycles. The molecule has 1 aromatic heterocycles. The molecular formula is C26H20F4N4O2. The van der Waals surface area contributed by atoms with Gasteiger partial charge in [0.2, 0.25) is 5.91 Å². The van der Waals surface area contributed by atoms with Crippen molar-refractivity contribution in [2.24, 2.45) is 0 Å². The molecule has 0 aliphatic heterocycles. The van der Waals surface area contributed by atoms with E-state index in [1.54, 1.807) is 6.07 Å². The monoisotopic (exact) mass is 496 g/mol. The number of hydrogen-bond donors (Lipinski definition) is 1. The van der Waals surface area contributed by atoms with Gasteiger partial charge < -0.3 is 5.32 Å². The molecule has 1 unspecified atom stereocenters. The first-order valence-corrected chi connectivity index (χ1v) is 10.6. The molecule has 2 aromatic carbocycles. The van der Waals surface area contributed by atoms with Gasteiger partial charge in [-0.3, -0.25) is 19.5 Å². The number of nitrogens with zero attached hydrogens (tertiary/aromatic N) is 3. The number of amides is 2. The molecule has 1 heterocycles. The van der Waals surface area contributed by atoms with Crippen molar-refractivity contribution in [1.29, 1.82) is 5.26 Å². The van der Waals surface area contributed by atoms with Crippen LogP contribution < -0.4 is 10.2 Å². The van der Waals surface area contributed by atoms with Gasteiger partial charge in [0.15, 0.2) is 0 Å². The van der Waals surface area contributed by atoms with Crippen molar-refractivity contribution in [1.82, 2.24) is 10.3 Å². The van der Waals surface area contributed by atoms with Crippen molar-refractivity contribution in [2.45, 2.75) is 18.6 Å². The van der Waals surface area contributed by atoms with Crippen LogP contribution in [0.25, 0.3) is 0 Å². The van der Waals surface area contributed by atoms with E-state index in [2.05, 4.69) is 16.9 Å². The number of aromatic nitrogens is 1. The lowest BCUT2D eigenvalue weighted by molar-refractivity contribution is -0.137. The van der Waals surface area contributed by atoms with E-state index in [4.69, 9.17) is 0 Å². The lowest BCUT2D eigenvalue weighted by Crippen LogP contribution is -2.44. The fraction of sp³-hybridized carbons (Fsp3) is 0.154. The number of benzene rings is 2. The highest BCUT2D eigenvalue weighted by atomic mass is 19.4. The number of carbonyl (C=O) groups is 2. The standard InChI is InChI=1S/C26H20F4N4O2/c1-2-23(35)34(22-8-6-20(7-9-22)26(28,29)30)24(19-12-18(14-31)15-32-16-19)25(36)33-11-10-17-4-3-5-21(27)13-17/h2-9,12-13,15-16,24H,1,10-11H2,(H,33,36). The molecular weight excluding hydrogens is 476 g/mol. The van der Waals surface area contributed by atoms with Crippen molar-refractivity contribution < 1.29 is 27.2 Å². The van der Waals surface area contributed by atoms with Crippen LogP contribution in [0.15, 0.2) is 79.6 Å². The minimum atomic E-state index is -4.59. The topological polar surface area (TPSA) is 86.1 Å². The number of halogens is 4. The quantitative estimate of drug-likeness (QED) is 0.361. The van der Waals surface area contributed by atoms with Gasteiger partial charge in [-0.2, -0.15) is 18.4 Å². The lowest BCUT2D eigenvalue weighted by Gasteiger charge is -2.30. The summed E-state index contributed by atoms with van der Waals surface area (Å²) >= 11 is 0. The summed E-state index contributed by atoms with van der Waals surface area (Å²) in [5.41, 5.74) is -0.0281. The first-order chi connectivity index (χ1) is 17.1. The molecule has 1 atom stereocenters. The van der Waals surface area contributed by atoms with E-state index in [-0.39, 0.29) is 29.8 Å². The number of nitriles is 1. The molecule has 36 heavy (non-hydrogen) atoms. The maximum absolute atomic E-state index is 13.5. The van der Waals surface area contributed by atoms with Gasteiger partial charge in [0, 0.05) is 30.2 Å². The largest absolute Gasteiger partial charge is 0.416 e. The summed E-state index contributed by atoms with van der Waals surface area (Å²) in [6.45, 7) is 3.51. The normalized spacial score (nSPS) is 11.8. The molecule has 1 N–H and O–H groups in total. The average Bonchev–Trinajstić information content (AvgIpc) is 2.86. The molecule has 0 aliphatic rings. The molecule has 2 amide bonds. The summed E-state index contributed by atoms with van der Waals surface area (Å²) < 4.78 is 52.6. The van der Waals surface area contributed by atoms with Crippen molar-refractivity contribution in [2.75, 3.05) is 11.4 Å².